The normalized spacial score (nSPS) is 11.7. The lowest BCUT2D eigenvalue weighted by molar-refractivity contribution is -0.384. The molecule has 1 heterocycles. The van der Waals surface area contributed by atoms with Gasteiger partial charge in [-0.05, 0) is 25.1 Å². The first-order valence-electron chi connectivity index (χ1n) is 6.22. The van der Waals surface area contributed by atoms with E-state index in [0.717, 1.165) is 9.65 Å². The van der Waals surface area contributed by atoms with E-state index in [1.165, 1.54) is 30.3 Å². The molecular weight excluding hydrogens is 308 g/mol. The third-order valence-electron chi connectivity index (χ3n) is 3.16. The number of nitro groups is 1. The van der Waals surface area contributed by atoms with Crippen LogP contribution < -0.4 is 0 Å². The molecule has 3 rings (SSSR count). The van der Waals surface area contributed by atoms with Crippen molar-refractivity contribution in [2.75, 3.05) is 0 Å². The monoisotopic (exact) mass is 318 g/mol. The second-order valence-corrected chi connectivity index (χ2v) is 6.45. The maximum atomic E-state index is 12.6. The number of aromatic nitrogens is 3. The van der Waals surface area contributed by atoms with Gasteiger partial charge in [-0.25, -0.2) is 0 Å². The largest absolute Gasteiger partial charge is 0.284 e. The first kappa shape index (κ1) is 14.1. The fraction of sp³-hybridized carbons (Fsp3) is 0.0769. The van der Waals surface area contributed by atoms with E-state index in [4.69, 9.17) is 0 Å². The van der Waals surface area contributed by atoms with E-state index in [0.29, 0.717) is 0 Å². The SMILES string of the molecule is Cc1ccc(S(=O)(=O)n2nnc3cc([N+](=O)[O-])ccc32)cc1. The molecule has 3 aromatic rings. The van der Waals surface area contributed by atoms with Crippen LogP contribution in [0.5, 0.6) is 0 Å². The van der Waals surface area contributed by atoms with E-state index in [2.05, 4.69) is 10.3 Å². The Bertz CT molecular complexity index is 977. The summed E-state index contributed by atoms with van der Waals surface area (Å²) in [7, 11) is -3.90. The topological polar surface area (TPSA) is 108 Å². The summed E-state index contributed by atoms with van der Waals surface area (Å²) in [6, 6.07) is 10.0. The van der Waals surface area contributed by atoms with Gasteiger partial charge in [-0.1, -0.05) is 22.9 Å². The Morgan fingerprint density at radius 3 is 2.45 bits per heavy atom. The molecule has 0 N–H and O–H groups in total. The predicted molar refractivity (Wildman–Crippen MR) is 77.9 cm³/mol. The Morgan fingerprint density at radius 2 is 1.82 bits per heavy atom. The van der Waals surface area contributed by atoms with Crippen molar-refractivity contribution in [1.29, 1.82) is 0 Å². The molecule has 0 bridgehead atoms. The molecule has 0 saturated heterocycles. The first-order valence-corrected chi connectivity index (χ1v) is 7.66. The minimum atomic E-state index is -3.90. The highest BCUT2D eigenvalue weighted by molar-refractivity contribution is 7.90. The van der Waals surface area contributed by atoms with Crippen LogP contribution in [-0.2, 0) is 10.0 Å². The van der Waals surface area contributed by atoms with Crippen molar-refractivity contribution in [3.05, 3.63) is 58.1 Å². The Kier molecular flexibility index (Phi) is 3.14. The predicted octanol–water partition coefficient (Wildman–Crippen LogP) is 1.88. The summed E-state index contributed by atoms with van der Waals surface area (Å²) >= 11 is 0. The van der Waals surface area contributed by atoms with Gasteiger partial charge in [-0.15, -0.1) is 9.19 Å². The van der Waals surface area contributed by atoms with Crippen molar-refractivity contribution in [3.8, 4) is 0 Å². The molecule has 0 atom stereocenters. The highest BCUT2D eigenvalue weighted by Crippen LogP contribution is 2.22. The van der Waals surface area contributed by atoms with E-state index in [9.17, 15) is 18.5 Å². The van der Waals surface area contributed by atoms with Crippen LogP contribution in [0.15, 0.2) is 47.4 Å². The molecule has 0 unspecified atom stereocenters. The number of rotatable bonds is 3. The molecule has 0 aliphatic heterocycles. The van der Waals surface area contributed by atoms with Gasteiger partial charge in [0.2, 0.25) is 0 Å². The summed E-state index contributed by atoms with van der Waals surface area (Å²) in [4.78, 5) is 10.2. The van der Waals surface area contributed by atoms with Crippen molar-refractivity contribution in [3.63, 3.8) is 0 Å². The zero-order valence-electron chi connectivity index (χ0n) is 11.4. The summed E-state index contributed by atoms with van der Waals surface area (Å²) in [5.41, 5.74) is 1.08. The second kappa shape index (κ2) is 4.88. The van der Waals surface area contributed by atoms with Crippen LogP contribution >= 0.6 is 0 Å². The lowest BCUT2D eigenvalue weighted by Crippen LogP contribution is -2.14. The van der Waals surface area contributed by atoms with Gasteiger partial charge in [0.25, 0.3) is 15.7 Å². The highest BCUT2D eigenvalue weighted by atomic mass is 32.2. The minimum Gasteiger partial charge on any atom is -0.258 e. The molecule has 8 nitrogen and oxygen atoms in total. The van der Waals surface area contributed by atoms with Gasteiger partial charge in [-0.3, -0.25) is 10.1 Å². The van der Waals surface area contributed by atoms with Gasteiger partial charge in [0.05, 0.1) is 9.82 Å². The smallest absolute Gasteiger partial charge is 0.258 e. The fourth-order valence-electron chi connectivity index (χ4n) is 1.99. The van der Waals surface area contributed by atoms with Gasteiger partial charge in [0.15, 0.2) is 0 Å². The van der Waals surface area contributed by atoms with Gasteiger partial charge in [-0.2, -0.15) is 8.42 Å². The fourth-order valence-corrected chi connectivity index (χ4v) is 3.22. The van der Waals surface area contributed by atoms with Crippen molar-refractivity contribution in [2.24, 2.45) is 0 Å². The van der Waals surface area contributed by atoms with Crippen LogP contribution in [0, 0.1) is 17.0 Å². The van der Waals surface area contributed by atoms with E-state index in [1.807, 2.05) is 6.92 Å². The number of hydrogen-bond donors (Lipinski definition) is 0. The number of nitro benzene ring substituents is 1. The quantitative estimate of drug-likeness (QED) is 0.539. The number of aryl methyl sites for hydroxylation is 1. The molecule has 2 aromatic carbocycles. The van der Waals surface area contributed by atoms with E-state index in [-0.39, 0.29) is 21.6 Å². The Morgan fingerprint density at radius 1 is 1.14 bits per heavy atom. The van der Waals surface area contributed by atoms with Crippen LogP contribution in [0.3, 0.4) is 0 Å². The summed E-state index contributed by atoms with van der Waals surface area (Å²) in [6.45, 7) is 1.85. The lowest BCUT2D eigenvalue weighted by atomic mass is 10.2. The molecule has 0 aliphatic rings. The minimum absolute atomic E-state index is 0.0725. The zero-order chi connectivity index (χ0) is 15.9. The zero-order valence-corrected chi connectivity index (χ0v) is 12.2. The average Bonchev–Trinajstić information content (AvgIpc) is 2.91. The number of benzene rings is 2. The van der Waals surface area contributed by atoms with Gasteiger partial charge >= 0.3 is 0 Å². The van der Waals surface area contributed by atoms with Crippen LogP contribution in [0.2, 0.25) is 0 Å². The van der Waals surface area contributed by atoms with Gasteiger partial charge < -0.3 is 0 Å². The molecular formula is C13H10N4O4S. The first-order chi connectivity index (χ1) is 10.4. The molecule has 0 saturated carbocycles. The maximum Gasteiger partial charge on any atom is 0.284 e. The number of hydrogen-bond acceptors (Lipinski definition) is 6. The summed E-state index contributed by atoms with van der Waals surface area (Å²) in [5, 5.41) is 18.1. The Balaban J connectivity index is 2.17. The van der Waals surface area contributed by atoms with Crippen molar-refractivity contribution in [1.82, 2.24) is 14.4 Å². The molecule has 0 amide bonds. The van der Waals surface area contributed by atoms with E-state index >= 15 is 0 Å². The molecule has 0 spiro atoms. The van der Waals surface area contributed by atoms with E-state index in [1.54, 1.807) is 12.1 Å². The molecule has 9 heteroatoms. The number of fused-ring (bicyclic) bond motifs is 1. The average molecular weight is 318 g/mol. The standard InChI is InChI=1S/C13H10N4O4S/c1-9-2-5-11(6-3-9)22(20,21)16-13-7-4-10(17(18)19)8-12(13)14-15-16/h2-8H,1H3. The summed E-state index contributed by atoms with van der Waals surface area (Å²) in [5.74, 6) is 0. The number of non-ortho nitro benzene ring substituents is 1. The van der Waals surface area contributed by atoms with Crippen LogP contribution in [0.1, 0.15) is 5.56 Å². The van der Waals surface area contributed by atoms with Gasteiger partial charge in [0, 0.05) is 12.1 Å². The maximum absolute atomic E-state index is 12.6. The van der Waals surface area contributed by atoms with Gasteiger partial charge in [0.1, 0.15) is 11.0 Å². The summed E-state index contributed by atoms with van der Waals surface area (Å²) < 4.78 is 25.9. The van der Waals surface area contributed by atoms with Crippen LogP contribution in [0.25, 0.3) is 11.0 Å². The third kappa shape index (κ3) is 2.21. The lowest BCUT2D eigenvalue weighted by Gasteiger charge is -2.05. The van der Waals surface area contributed by atoms with Crippen LogP contribution in [-0.4, -0.2) is 27.7 Å². The molecule has 0 aliphatic carbocycles. The molecule has 22 heavy (non-hydrogen) atoms. The Labute approximate surface area is 125 Å². The molecule has 0 radical (unpaired) electrons. The van der Waals surface area contributed by atoms with Crippen LogP contribution in [0.4, 0.5) is 5.69 Å². The number of nitrogens with zero attached hydrogens (tertiary/aromatic N) is 4. The highest BCUT2D eigenvalue weighted by Gasteiger charge is 2.22. The second-order valence-electron chi connectivity index (χ2n) is 4.68. The third-order valence-corrected chi connectivity index (χ3v) is 4.75. The molecule has 112 valence electrons. The Hall–Kier alpha value is -2.81. The van der Waals surface area contributed by atoms with Crippen molar-refractivity contribution >= 4 is 26.7 Å². The molecule has 1 aromatic heterocycles. The van der Waals surface area contributed by atoms with Crippen molar-refractivity contribution < 1.29 is 13.3 Å². The summed E-state index contributed by atoms with van der Waals surface area (Å²) in [6.07, 6.45) is 0. The molecule has 0 fully saturated rings. The van der Waals surface area contributed by atoms with Crippen molar-refractivity contribution in [2.45, 2.75) is 11.8 Å². The van der Waals surface area contributed by atoms with E-state index < -0.39 is 14.9 Å².